The zero-order valence-electron chi connectivity index (χ0n) is 12.8. The molecule has 124 valence electrons. The Morgan fingerprint density at radius 1 is 1.29 bits per heavy atom. The van der Waals surface area contributed by atoms with E-state index in [2.05, 4.69) is 20.4 Å². The number of hydrogen-bond donors (Lipinski definition) is 1. The van der Waals surface area contributed by atoms with E-state index in [0.29, 0.717) is 10.7 Å². The molecule has 0 unspecified atom stereocenters. The summed E-state index contributed by atoms with van der Waals surface area (Å²) in [7, 11) is -3.83. The van der Waals surface area contributed by atoms with Crippen molar-refractivity contribution in [3.05, 3.63) is 53.2 Å². The first-order valence-electron chi connectivity index (χ1n) is 6.84. The number of carbonyl (C=O) groups is 1. The average molecular weight is 363 g/mol. The maximum Gasteiger partial charge on any atom is 0.294 e. The van der Waals surface area contributed by atoms with Gasteiger partial charge in [0.2, 0.25) is 0 Å². The van der Waals surface area contributed by atoms with Gasteiger partial charge in [-0.2, -0.15) is 17.6 Å². The van der Waals surface area contributed by atoms with Crippen LogP contribution in [-0.2, 0) is 10.0 Å². The summed E-state index contributed by atoms with van der Waals surface area (Å²) in [6.07, 6.45) is 4.00. The van der Waals surface area contributed by atoms with Gasteiger partial charge in [0.05, 0.1) is 28.8 Å². The summed E-state index contributed by atoms with van der Waals surface area (Å²) in [4.78, 5) is 20.1. The molecule has 0 aliphatic carbocycles. The minimum absolute atomic E-state index is 0.130. The van der Waals surface area contributed by atoms with Gasteiger partial charge in [0.1, 0.15) is 5.69 Å². The normalized spacial score (nSPS) is 11.4. The summed E-state index contributed by atoms with van der Waals surface area (Å²) in [5.41, 5.74) is 0.905. The van der Waals surface area contributed by atoms with Crippen LogP contribution >= 0.6 is 11.3 Å². The second-order valence-electron chi connectivity index (χ2n) is 4.88. The molecule has 24 heavy (non-hydrogen) atoms. The zero-order valence-corrected chi connectivity index (χ0v) is 14.4. The van der Waals surface area contributed by atoms with Crippen LogP contribution in [0.4, 0.5) is 5.69 Å². The summed E-state index contributed by atoms with van der Waals surface area (Å²) in [6.45, 7) is 3.36. The van der Waals surface area contributed by atoms with E-state index in [1.54, 1.807) is 32.0 Å². The lowest BCUT2D eigenvalue weighted by Gasteiger charge is -2.02. The van der Waals surface area contributed by atoms with Crippen LogP contribution in [0.15, 0.2) is 41.0 Å². The van der Waals surface area contributed by atoms with E-state index in [9.17, 15) is 13.2 Å². The number of amides is 1. The number of rotatable bonds is 4. The highest BCUT2D eigenvalue weighted by Gasteiger charge is 2.24. The molecular formula is C14H13N5O3S2. The minimum Gasteiger partial charge on any atom is -0.318 e. The van der Waals surface area contributed by atoms with Crippen molar-refractivity contribution in [2.45, 2.75) is 18.1 Å². The molecule has 3 heterocycles. The van der Waals surface area contributed by atoms with Crippen molar-refractivity contribution < 1.29 is 13.2 Å². The molecule has 0 aliphatic heterocycles. The number of pyridine rings is 1. The van der Waals surface area contributed by atoms with E-state index >= 15 is 0 Å². The van der Waals surface area contributed by atoms with Crippen molar-refractivity contribution >= 4 is 33.0 Å². The van der Waals surface area contributed by atoms with Gasteiger partial charge >= 0.3 is 0 Å². The van der Waals surface area contributed by atoms with Crippen molar-refractivity contribution in [3.8, 4) is 0 Å². The van der Waals surface area contributed by atoms with Crippen molar-refractivity contribution in [1.82, 2.24) is 19.2 Å². The number of aryl methyl sites for hydroxylation is 2. The molecule has 8 nitrogen and oxygen atoms in total. The summed E-state index contributed by atoms with van der Waals surface area (Å²) in [6, 6.07) is 4.94. The monoisotopic (exact) mass is 363 g/mol. The lowest BCUT2D eigenvalue weighted by molar-refractivity contribution is 0.102. The second kappa shape index (κ2) is 6.13. The van der Waals surface area contributed by atoms with Gasteiger partial charge < -0.3 is 5.32 Å². The van der Waals surface area contributed by atoms with Crippen LogP contribution < -0.4 is 5.32 Å². The summed E-state index contributed by atoms with van der Waals surface area (Å²) in [5.74, 6) is -0.447. The molecule has 0 fully saturated rings. The van der Waals surface area contributed by atoms with Crippen LogP contribution in [0.2, 0.25) is 0 Å². The Morgan fingerprint density at radius 2 is 2.08 bits per heavy atom. The fraction of sp³-hybridized carbons (Fsp3) is 0.143. The Bertz CT molecular complexity index is 993. The summed E-state index contributed by atoms with van der Waals surface area (Å²) < 4.78 is 26.1. The lowest BCUT2D eigenvalue weighted by Crippen LogP contribution is -2.14. The number of anilines is 1. The van der Waals surface area contributed by atoms with Crippen LogP contribution in [0, 0.1) is 13.8 Å². The highest BCUT2D eigenvalue weighted by molar-refractivity contribution is 7.92. The Kier molecular flexibility index (Phi) is 4.16. The summed E-state index contributed by atoms with van der Waals surface area (Å²) in [5, 5.41) is 7.05. The Hall–Kier alpha value is -2.59. The molecule has 10 heteroatoms. The molecule has 1 amide bonds. The topological polar surface area (TPSA) is 107 Å². The molecular weight excluding hydrogens is 350 g/mol. The van der Waals surface area contributed by atoms with Gasteiger partial charge in [0.25, 0.3) is 15.9 Å². The Labute approximate surface area is 142 Å². The van der Waals surface area contributed by atoms with Crippen molar-refractivity contribution in [3.63, 3.8) is 0 Å². The third-order valence-electron chi connectivity index (χ3n) is 3.06. The van der Waals surface area contributed by atoms with Gasteiger partial charge in [0.15, 0.2) is 4.21 Å². The zero-order chi connectivity index (χ0) is 17.3. The first kappa shape index (κ1) is 16.3. The van der Waals surface area contributed by atoms with E-state index < -0.39 is 15.9 Å². The Balaban J connectivity index is 1.85. The number of nitrogens with zero attached hydrogens (tertiary/aromatic N) is 4. The highest BCUT2D eigenvalue weighted by atomic mass is 32.2. The number of nitrogens with one attached hydrogen (secondary N) is 1. The largest absolute Gasteiger partial charge is 0.318 e. The molecule has 0 spiro atoms. The van der Waals surface area contributed by atoms with Crippen LogP contribution in [0.1, 0.15) is 21.2 Å². The van der Waals surface area contributed by atoms with Crippen molar-refractivity contribution in [2.75, 3.05) is 5.32 Å². The van der Waals surface area contributed by atoms with E-state index in [-0.39, 0.29) is 15.6 Å². The molecule has 0 radical (unpaired) electrons. The molecule has 0 saturated carbocycles. The first-order valence-corrected chi connectivity index (χ1v) is 9.10. The fourth-order valence-electron chi connectivity index (χ4n) is 2.03. The number of hydrogen-bond acceptors (Lipinski definition) is 7. The van der Waals surface area contributed by atoms with E-state index in [1.807, 2.05) is 0 Å². The number of aromatic nitrogens is 4. The predicted octanol–water partition coefficient (Wildman–Crippen LogP) is 1.84. The lowest BCUT2D eigenvalue weighted by atomic mass is 10.3. The van der Waals surface area contributed by atoms with Crippen molar-refractivity contribution in [2.24, 2.45) is 0 Å². The SMILES string of the molecule is Cc1nc(C)c(S(=O)(=O)n2cc(NC(=O)c3ccccn3)cn2)s1. The van der Waals surface area contributed by atoms with Gasteiger partial charge in [0, 0.05) is 6.20 Å². The van der Waals surface area contributed by atoms with E-state index in [0.717, 1.165) is 15.4 Å². The molecule has 3 rings (SSSR count). The number of carbonyl (C=O) groups excluding carboxylic acids is 1. The quantitative estimate of drug-likeness (QED) is 0.758. The maximum absolute atomic E-state index is 12.6. The molecule has 0 atom stereocenters. The van der Waals surface area contributed by atoms with E-state index in [1.165, 1.54) is 18.6 Å². The molecule has 1 N–H and O–H groups in total. The highest BCUT2D eigenvalue weighted by Crippen LogP contribution is 2.25. The maximum atomic E-state index is 12.6. The van der Waals surface area contributed by atoms with Crippen LogP contribution in [-0.4, -0.2) is 33.5 Å². The van der Waals surface area contributed by atoms with Crippen LogP contribution in [0.3, 0.4) is 0 Å². The predicted molar refractivity (Wildman–Crippen MR) is 88.6 cm³/mol. The van der Waals surface area contributed by atoms with Gasteiger partial charge in [-0.1, -0.05) is 6.07 Å². The van der Waals surface area contributed by atoms with Crippen molar-refractivity contribution in [1.29, 1.82) is 0 Å². The molecule has 0 saturated heterocycles. The second-order valence-corrected chi connectivity index (χ2v) is 8.08. The van der Waals surface area contributed by atoms with E-state index in [4.69, 9.17) is 0 Å². The first-order chi connectivity index (χ1) is 11.4. The van der Waals surface area contributed by atoms with Crippen LogP contribution in [0.25, 0.3) is 0 Å². The Morgan fingerprint density at radius 3 is 2.71 bits per heavy atom. The molecule has 0 bridgehead atoms. The standard InChI is InChI=1S/C14H13N5O3S2/c1-9-14(23-10(2)17-9)24(21,22)19-8-11(7-16-19)18-13(20)12-5-3-4-6-15-12/h3-8H,1-2H3,(H,18,20). The molecule has 3 aromatic heterocycles. The fourth-order valence-corrected chi connectivity index (χ4v) is 4.70. The summed E-state index contributed by atoms with van der Waals surface area (Å²) >= 11 is 1.08. The molecule has 3 aromatic rings. The third kappa shape index (κ3) is 3.05. The smallest absolute Gasteiger partial charge is 0.294 e. The minimum atomic E-state index is -3.83. The van der Waals surface area contributed by atoms with Gasteiger partial charge in [-0.15, -0.1) is 11.3 Å². The van der Waals surface area contributed by atoms with Gasteiger partial charge in [-0.3, -0.25) is 9.78 Å². The average Bonchev–Trinajstić information content (AvgIpc) is 3.15. The third-order valence-corrected chi connectivity index (χ3v) is 6.26. The van der Waals surface area contributed by atoms with Crippen LogP contribution in [0.5, 0.6) is 0 Å². The van der Waals surface area contributed by atoms with Gasteiger partial charge in [-0.05, 0) is 26.0 Å². The number of thiazole rings is 1. The molecule has 0 aliphatic rings. The van der Waals surface area contributed by atoms with Gasteiger partial charge in [-0.25, -0.2) is 4.98 Å². The molecule has 0 aromatic carbocycles.